The standard InChI is InChI=1S/C21H21NO10/c1-10(23)30-16-9-29-20(19(32-12(3)25)18(16)31-11(2)24)22-8-14(17(26)21(27)28)13-6-4-5-7-15(13)22/h4-8,16,18-20H,9H2,1-3H3,(H,27,28). The number of aliphatic carboxylic acids is 1. The summed E-state index contributed by atoms with van der Waals surface area (Å²) in [6.45, 7) is 3.25. The number of ether oxygens (including phenoxy) is 4. The van der Waals surface area contributed by atoms with Crippen LogP contribution in [0.25, 0.3) is 10.9 Å². The summed E-state index contributed by atoms with van der Waals surface area (Å²) in [4.78, 5) is 58.6. The maximum Gasteiger partial charge on any atom is 0.377 e. The molecule has 4 atom stereocenters. The van der Waals surface area contributed by atoms with Gasteiger partial charge in [0.05, 0.1) is 17.7 Å². The number of carbonyl (C=O) groups excluding carboxylic acids is 4. The third kappa shape index (κ3) is 4.62. The Morgan fingerprint density at radius 2 is 1.53 bits per heavy atom. The molecule has 1 saturated heterocycles. The van der Waals surface area contributed by atoms with E-state index in [-0.39, 0.29) is 12.2 Å². The second-order valence-electron chi connectivity index (χ2n) is 7.12. The van der Waals surface area contributed by atoms with E-state index in [1.807, 2.05) is 0 Å². The molecule has 0 saturated carbocycles. The first kappa shape index (κ1) is 22.9. The molecule has 0 amide bonds. The van der Waals surface area contributed by atoms with Crippen molar-refractivity contribution >= 4 is 40.6 Å². The number of benzene rings is 1. The lowest BCUT2D eigenvalue weighted by atomic mass is 10.0. The fourth-order valence-corrected chi connectivity index (χ4v) is 3.67. The third-order valence-electron chi connectivity index (χ3n) is 4.78. The zero-order chi connectivity index (χ0) is 23.6. The summed E-state index contributed by atoms with van der Waals surface area (Å²) in [7, 11) is 0. The highest BCUT2D eigenvalue weighted by Crippen LogP contribution is 2.35. The van der Waals surface area contributed by atoms with Crippen LogP contribution >= 0.6 is 0 Å². The number of carbonyl (C=O) groups is 5. The second-order valence-corrected chi connectivity index (χ2v) is 7.12. The van der Waals surface area contributed by atoms with Gasteiger partial charge in [-0.25, -0.2) is 4.79 Å². The molecular weight excluding hydrogens is 426 g/mol. The summed E-state index contributed by atoms with van der Waals surface area (Å²) >= 11 is 0. The van der Waals surface area contributed by atoms with E-state index in [1.165, 1.54) is 17.7 Å². The van der Waals surface area contributed by atoms with Gasteiger partial charge in [-0.05, 0) is 6.07 Å². The largest absolute Gasteiger partial charge is 0.475 e. The molecule has 3 rings (SSSR count). The van der Waals surface area contributed by atoms with E-state index >= 15 is 0 Å². The quantitative estimate of drug-likeness (QED) is 0.297. The van der Waals surface area contributed by atoms with Crippen molar-refractivity contribution < 1.29 is 48.0 Å². The maximum atomic E-state index is 12.2. The number of rotatable bonds is 6. The Hall–Kier alpha value is -3.73. The van der Waals surface area contributed by atoms with Crippen LogP contribution in [-0.4, -0.2) is 64.3 Å². The summed E-state index contributed by atoms with van der Waals surface area (Å²) in [6.07, 6.45) is -3.37. The first-order chi connectivity index (χ1) is 15.1. The number of hydrogen-bond acceptors (Lipinski definition) is 9. The number of carboxylic acids is 1. The molecule has 1 aliphatic heterocycles. The predicted octanol–water partition coefficient (Wildman–Crippen LogP) is 1.23. The highest BCUT2D eigenvalue weighted by Gasteiger charge is 2.48. The average molecular weight is 447 g/mol. The van der Waals surface area contributed by atoms with Crippen LogP contribution in [0.5, 0.6) is 0 Å². The third-order valence-corrected chi connectivity index (χ3v) is 4.78. The Morgan fingerprint density at radius 3 is 2.12 bits per heavy atom. The molecule has 1 aliphatic rings. The Balaban J connectivity index is 2.13. The normalized spacial score (nSPS) is 22.7. The van der Waals surface area contributed by atoms with E-state index in [4.69, 9.17) is 18.9 Å². The number of Topliss-reactive ketones (excluding diaryl/α,β-unsaturated/α-hetero) is 1. The van der Waals surface area contributed by atoms with Crippen LogP contribution < -0.4 is 0 Å². The van der Waals surface area contributed by atoms with Crippen molar-refractivity contribution in [2.45, 2.75) is 45.3 Å². The number of fused-ring (bicyclic) bond motifs is 1. The first-order valence-electron chi connectivity index (χ1n) is 9.60. The molecule has 4 unspecified atom stereocenters. The molecular formula is C21H21NO10. The minimum absolute atomic E-state index is 0.0931. The van der Waals surface area contributed by atoms with Gasteiger partial charge < -0.3 is 28.6 Å². The predicted molar refractivity (Wildman–Crippen MR) is 106 cm³/mol. The van der Waals surface area contributed by atoms with Crippen LogP contribution in [-0.2, 0) is 38.1 Å². The highest BCUT2D eigenvalue weighted by molar-refractivity contribution is 6.42. The molecule has 170 valence electrons. The van der Waals surface area contributed by atoms with Crippen molar-refractivity contribution in [3.63, 3.8) is 0 Å². The van der Waals surface area contributed by atoms with Crippen LogP contribution in [0.1, 0.15) is 37.4 Å². The van der Waals surface area contributed by atoms with Crippen LogP contribution in [0.15, 0.2) is 30.5 Å². The lowest BCUT2D eigenvalue weighted by Crippen LogP contribution is -2.55. The molecule has 32 heavy (non-hydrogen) atoms. The van der Waals surface area contributed by atoms with Gasteiger partial charge in [0.2, 0.25) is 0 Å². The molecule has 11 heteroatoms. The summed E-state index contributed by atoms with van der Waals surface area (Å²) in [5.41, 5.74) is 0.330. The first-order valence-corrected chi connectivity index (χ1v) is 9.60. The molecule has 0 radical (unpaired) electrons. The van der Waals surface area contributed by atoms with Gasteiger partial charge in [0.1, 0.15) is 0 Å². The number of para-hydroxylation sites is 1. The number of hydrogen-bond donors (Lipinski definition) is 1. The molecule has 1 fully saturated rings. The van der Waals surface area contributed by atoms with Crippen molar-refractivity contribution in [2.24, 2.45) is 0 Å². The number of aromatic nitrogens is 1. The Morgan fingerprint density at radius 1 is 0.938 bits per heavy atom. The second kappa shape index (κ2) is 9.18. The minimum atomic E-state index is -1.64. The van der Waals surface area contributed by atoms with Gasteiger partial charge in [0.15, 0.2) is 24.5 Å². The zero-order valence-corrected chi connectivity index (χ0v) is 17.5. The van der Waals surface area contributed by atoms with Crippen LogP contribution in [0.2, 0.25) is 0 Å². The van der Waals surface area contributed by atoms with E-state index in [9.17, 15) is 29.1 Å². The average Bonchev–Trinajstić information content (AvgIpc) is 3.08. The minimum Gasteiger partial charge on any atom is -0.475 e. The summed E-state index contributed by atoms with van der Waals surface area (Å²) < 4.78 is 23.2. The zero-order valence-electron chi connectivity index (χ0n) is 17.5. The summed E-state index contributed by atoms with van der Waals surface area (Å²) in [5.74, 6) is -4.85. The number of esters is 3. The molecule has 2 aromatic rings. The van der Waals surface area contributed by atoms with Gasteiger partial charge in [0, 0.05) is 32.4 Å². The fraction of sp³-hybridized carbons (Fsp3) is 0.381. The molecule has 0 aliphatic carbocycles. The van der Waals surface area contributed by atoms with Gasteiger partial charge in [-0.3, -0.25) is 19.2 Å². The van der Waals surface area contributed by atoms with Gasteiger partial charge in [-0.2, -0.15) is 0 Å². The van der Waals surface area contributed by atoms with Gasteiger partial charge in [-0.15, -0.1) is 0 Å². The van der Waals surface area contributed by atoms with E-state index in [0.717, 1.165) is 13.8 Å². The molecule has 1 aromatic heterocycles. The number of nitrogens with zero attached hydrogens (tertiary/aromatic N) is 1. The number of ketones is 1. The summed E-state index contributed by atoms with van der Waals surface area (Å²) in [6, 6.07) is 6.50. The molecule has 2 heterocycles. The Bertz CT molecular complexity index is 1090. The molecule has 1 aromatic carbocycles. The summed E-state index contributed by atoms with van der Waals surface area (Å²) in [5, 5.41) is 9.52. The molecule has 0 bridgehead atoms. The van der Waals surface area contributed by atoms with Gasteiger partial charge in [-0.1, -0.05) is 18.2 Å². The van der Waals surface area contributed by atoms with E-state index in [0.29, 0.717) is 10.9 Å². The monoisotopic (exact) mass is 447 g/mol. The van der Waals surface area contributed by atoms with Crippen LogP contribution in [0.4, 0.5) is 0 Å². The lowest BCUT2D eigenvalue weighted by molar-refractivity contribution is -0.239. The molecule has 0 spiro atoms. The lowest BCUT2D eigenvalue weighted by Gasteiger charge is -2.41. The van der Waals surface area contributed by atoms with Crippen molar-refractivity contribution in [3.8, 4) is 0 Å². The molecule has 1 N–H and O–H groups in total. The SMILES string of the molecule is CC(=O)OC1COC(n2cc(C(=O)C(=O)O)c3ccccc32)C(OC(C)=O)C1OC(C)=O. The Labute approximate surface area is 181 Å². The van der Waals surface area contributed by atoms with E-state index in [2.05, 4.69) is 0 Å². The van der Waals surface area contributed by atoms with Crippen molar-refractivity contribution in [2.75, 3.05) is 6.61 Å². The van der Waals surface area contributed by atoms with Crippen molar-refractivity contribution in [3.05, 3.63) is 36.0 Å². The Kier molecular flexibility index (Phi) is 6.58. The molecule has 11 nitrogen and oxygen atoms in total. The fourth-order valence-electron chi connectivity index (χ4n) is 3.67. The van der Waals surface area contributed by atoms with Crippen molar-refractivity contribution in [1.82, 2.24) is 4.57 Å². The van der Waals surface area contributed by atoms with E-state index in [1.54, 1.807) is 24.3 Å². The van der Waals surface area contributed by atoms with Gasteiger partial charge >= 0.3 is 23.9 Å². The van der Waals surface area contributed by atoms with Gasteiger partial charge in [0.25, 0.3) is 5.78 Å². The van der Waals surface area contributed by atoms with Crippen LogP contribution in [0.3, 0.4) is 0 Å². The maximum absolute atomic E-state index is 12.2. The topological polar surface area (TPSA) is 147 Å². The van der Waals surface area contributed by atoms with Crippen molar-refractivity contribution in [1.29, 1.82) is 0 Å². The highest BCUT2D eigenvalue weighted by atomic mass is 16.6. The van der Waals surface area contributed by atoms with E-state index < -0.39 is 54.2 Å². The van der Waals surface area contributed by atoms with Crippen LogP contribution in [0, 0.1) is 0 Å². The smallest absolute Gasteiger partial charge is 0.377 e. The number of carboxylic acid groups (broad SMARTS) is 1.